The highest BCUT2D eigenvalue weighted by atomic mass is 79.9. The molecule has 1 heterocycles. The third kappa shape index (κ3) is 2.56. The van der Waals surface area contributed by atoms with Gasteiger partial charge in [0.25, 0.3) is 5.91 Å². The SMILES string of the molecule is CC1CCc2ccccc2N1C(=O)c1ccc(Br)cc1N. The smallest absolute Gasteiger partial charge is 0.260 e. The molecule has 21 heavy (non-hydrogen) atoms. The molecule has 0 spiro atoms. The molecule has 2 aromatic carbocycles. The molecule has 1 aliphatic rings. The molecule has 0 saturated carbocycles. The Hall–Kier alpha value is -1.81. The van der Waals surface area contributed by atoms with Gasteiger partial charge in [0.1, 0.15) is 0 Å². The van der Waals surface area contributed by atoms with Crippen LogP contribution in [0.15, 0.2) is 46.9 Å². The Morgan fingerprint density at radius 1 is 1.29 bits per heavy atom. The first-order valence-corrected chi connectivity index (χ1v) is 7.83. The van der Waals surface area contributed by atoms with Crippen molar-refractivity contribution in [1.29, 1.82) is 0 Å². The molecule has 2 N–H and O–H groups in total. The Balaban J connectivity index is 2.05. The topological polar surface area (TPSA) is 46.3 Å². The van der Waals surface area contributed by atoms with Gasteiger partial charge < -0.3 is 10.6 Å². The van der Waals surface area contributed by atoms with Crippen LogP contribution in [-0.2, 0) is 6.42 Å². The summed E-state index contributed by atoms with van der Waals surface area (Å²) in [4.78, 5) is 14.8. The van der Waals surface area contributed by atoms with Gasteiger partial charge in [0.15, 0.2) is 0 Å². The number of aryl methyl sites for hydroxylation is 1. The molecule has 2 aromatic rings. The van der Waals surface area contributed by atoms with E-state index >= 15 is 0 Å². The van der Waals surface area contributed by atoms with E-state index in [1.807, 2.05) is 29.2 Å². The van der Waals surface area contributed by atoms with Gasteiger partial charge in [-0.05, 0) is 49.6 Å². The van der Waals surface area contributed by atoms with Crippen LogP contribution in [-0.4, -0.2) is 11.9 Å². The monoisotopic (exact) mass is 344 g/mol. The van der Waals surface area contributed by atoms with Gasteiger partial charge >= 0.3 is 0 Å². The summed E-state index contributed by atoms with van der Waals surface area (Å²) >= 11 is 3.37. The molecule has 3 nitrogen and oxygen atoms in total. The minimum atomic E-state index is -0.0281. The van der Waals surface area contributed by atoms with Gasteiger partial charge in [-0.15, -0.1) is 0 Å². The molecule has 4 heteroatoms. The minimum Gasteiger partial charge on any atom is -0.398 e. The highest BCUT2D eigenvalue weighted by Crippen LogP contribution is 2.32. The van der Waals surface area contributed by atoms with Crippen molar-refractivity contribution in [3.63, 3.8) is 0 Å². The molecule has 1 aliphatic heterocycles. The van der Waals surface area contributed by atoms with Gasteiger partial charge in [-0.2, -0.15) is 0 Å². The van der Waals surface area contributed by atoms with Crippen molar-refractivity contribution in [1.82, 2.24) is 0 Å². The number of para-hydroxylation sites is 1. The van der Waals surface area contributed by atoms with Crippen LogP contribution in [0.2, 0.25) is 0 Å². The lowest BCUT2D eigenvalue weighted by Gasteiger charge is -2.35. The molecule has 1 atom stereocenters. The van der Waals surface area contributed by atoms with Crippen LogP contribution < -0.4 is 10.6 Å². The zero-order chi connectivity index (χ0) is 15.0. The van der Waals surface area contributed by atoms with Crippen LogP contribution >= 0.6 is 15.9 Å². The third-order valence-corrected chi connectivity index (χ3v) is 4.48. The summed E-state index contributed by atoms with van der Waals surface area (Å²) in [6, 6.07) is 13.7. The van der Waals surface area contributed by atoms with E-state index in [2.05, 4.69) is 28.9 Å². The average Bonchev–Trinajstić information content (AvgIpc) is 2.46. The summed E-state index contributed by atoms with van der Waals surface area (Å²) < 4.78 is 0.878. The number of hydrogen-bond donors (Lipinski definition) is 1. The van der Waals surface area contributed by atoms with Gasteiger partial charge in [-0.25, -0.2) is 0 Å². The van der Waals surface area contributed by atoms with Crippen molar-refractivity contribution in [2.75, 3.05) is 10.6 Å². The summed E-state index contributed by atoms with van der Waals surface area (Å²) in [6.45, 7) is 2.09. The van der Waals surface area contributed by atoms with Crippen LogP contribution in [0.25, 0.3) is 0 Å². The number of nitrogen functional groups attached to an aromatic ring is 1. The number of nitrogens with two attached hydrogens (primary N) is 1. The first-order valence-electron chi connectivity index (χ1n) is 7.04. The molecule has 0 fully saturated rings. The first kappa shape index (κ1) is 14.1. The number of fused-ring (bicyclic) bond motifs is 1. The molecule has 0 aliphatic carbocycles. The van der Waals surface area contributed by atoms with E-state index in [9.17, 15) is 4.79 Å². The van der Waals surface area contributed by atoms with Crippen LogP contribution in [0, 0.1) is 0 Å². The average molecular weight is 345 g/mol. The zero-order valence-corrected chi connectivity index (χ0v) is 13.4. The summed E-state index contributed by atoms with van der Waals surface area (Å²) in [6.07, 6.45) is 1.98. The van der Waals surface area contributed by atoms with Crippen molar-refractivity contribution >= 4 is 33.2 Å². The van der Waals surface area contributed by atoms with Gasteiger partial charge in [0.05, 0.1) is 5.56 Å². The molecule has 0 saturated heterocycles. The molecule has 108 valence electrons. The van der Waals surface area contributed by atoms with E-state index < -0.39 is 0 Å². The number of carbonyl (C=O) groups excluding carboxylic acids is 1. The van der Waals surface area contributed by atoms with E-state index in [4.69, 9.17) is 5.73 Å². The number of amides is 1. The normalized spacial score (nSPS) is 17.4. The van der Waals surface area contributed by atoms with Gasteiger partial charge in [0.2, 0.25) is 0 Å². The van der Waals surface area contributed by atoms with Crippen molar-refractivity contribution in [3.05, 3.63) is 58.1 Å². The summed E-state index contributed by atoms with van der Waals surface area (Å²) in [5.74, 6) is -0.0281. The van der Waals surface area contributed by atoms with E-state index in [1.165, 1.54) is 5.56 Å². The van der Waals surface area contributed by atoms with E-state index in [-0.39, 0.29) is 11.9 Å². The van der Waals surface area contributed by atoms with Crippen molar-refractivity contribution in [2.24, 2.45) is 0 Å². The van der Waals surface area contributed by atoms with Crippen LogP contribution in [0.5, 0.6) is 0 Å². The van der Waals surface area contributed by atoms with Crippen LogP contribution in [0.3, 0.4) is 0 Å². The molecule has 0 bridgehead atoms. The number of rotatable bonds is 1. The summed E-state index contributed by atoms with van der Waals surface area (Å²) in [5, 5.41) is 0. The Morgan fingerprint density at radius 3 is 2.81 bits per heavy atom. The molecular weight excluding hydrogens is 328 g/mol. The molecule has 1 amide bonds. The van der Waals surface area contributed by atoms with Crippen molar-refractivity contribution < 1.29 is 4.79 Å². The summed E-state index contributed by atoms with van der Waals surface area (Å²) in [7, 11) is 0. The fraction of sp³-hybridized carbons (Fsp3) is 0.235. The third-order valence-electron chi connectivity index (χ3n) is 3.99. The lowest BCUT2D eigenvalue weighted by atomic mass is 9.95. The Bertz CT molecular complexity index is 699. The van der Waals surface area contributed by atoms with E-state index in [0.29, 0.717) is 11.3 Å². The molecule has 0 aromatic heterocycles. The van der Waals surface area contributed by atoms with Crippen LogP contribution in [0.1, 0.15) is 29.3 Å². The second kappa shape index (κ2) is 5.53. The van der Waals surface area contributed by atoms with E-state index in [0.717, 1.165) is 23.0 Å². The number of nitrogens with zero attached hydrogens (tertiary/aromatic N) is 1. The number of halogens is 1. The predicted molar refractivity (Wildman–Crippen MR) is 89.6 cm³/mol. The Labute approximate surface area is 132 Å². The fourth-order valence-corrected chi connectivity index (χ4v) is 3.23. The maximum atomic E-state index is 12.9. The van der Waals surface area contributed by atoms with Gasteiger partial charge in [-0.1, -0.05) is 34.1 Å². The molecule has 1 unspecified atom stereocenters. The lowest BCUT2D eigenvalue weighted by Crippen LogP contribution is -2.42. The number of benzene rings is 2. The molecular formula is C17H17BrN2O. The molecule has 3 rings (SSSR count). The predicted octanol–water partition coefficient (Wildman–Crippen LogP) is 4.01. The largest absolute Gasteiger partial charge is 0.398 e. The minimum absolute atomic E-state index is 0.0281. The van der Waals surface area contributed by atoms with Crippen molar-refractivity contribution in [2.45, 2.75) is 25.8 Å². The quantitative estimate of drug-likeness (QED) is 0.794. The highest BCUT2D eigenvalue weighted by Gasteiger charge is 2.29. The fourth-order valence-electron chi connectivity index (χ4n) is 2.86. The Kier molecular flexibility index (Phi) is 3.72. The second-order valence-corrected chi connectivity index (χ2v) is 6.34. The lowest BCUT2D eigenvalue weighted by molar-refractivity contribution is 0.0976. The zero-order valence-electron chi connectivity index (χ0n) is 11.8. The number of carbonyl (C=O) groups is 1. The van der Waals surface area contributed by atoms with Gasteiger partial charge in [-0.3, -0.25) is 4.79 Å². The van der Waals surface area contributed by atoms with Crippen LogP contribution in [0.4, 0.5) is 11.4 Å². The summed E-state index contributed by atoms with van der Waals surface area (Å²) in [5.41, 5.74) is 9.30. The highest BCUT2D eigenvalue weighted by molar-refractivity contribution is 9.10. The number of hydrogen-bond acceptors (Lipinski definition) is 2. The Morgan fingerprint density at radius 2 is 2.05 bits per heavy atom. The first-order chi connectivity index (χ1) is 10.1. The number of anilines is 2. The maximum Gasteiger partial charge on any atom is 0.260 e. The molecule has 0 radical (unpaired) electrons. The van der Waals surface area contributed by atoms with Crippen molar-refractivity contribution in [3.8, 4) is 0 Å². The standard InChI is InChI=1S/C17H17BrN2O/c1-11-6-7-12-4-2-3-5-16(12)20(11)17(21)14-9-8-13(18)10-15(14)19/h2-5,8-11H,6-7,19H2,1H3. The maximum absolute atomic E-state index is 12.9. The van der Waals surface area contributed by atoms with Gasteiger partial charge in [0, 0.05) is 21.9 Å². The second-order valence-electron chi connectivity index (χ2n) is 5.42. The van der Waals surface area contributed by atoms with E-state index in [1.54, 1.807) is 12.1 Å².